The number of nitrogens with zero attached hydrogens (tertiary/aromatic N) is 1. The molecule has 3 aromatic carbocycles. The van der Waals surface area contributed by atoms with Gasteiger partial charge in [-0.1, -0.05) is 55.0 Å². The smallest absolute Gasteiger partial charge is 0.337 e. The predicted molar refractivity (Wildman–Crippen MR) is 148 cm³/mol. The minimum atomic E-state index is -0.393. The summed E-state index contributed by atoms with van der Waals surface area (Å²) in [5, 5.41) is 5.17. The summed E-state index contributed by atoms with van der Waals surface area (Å²) in [5.41, 5.74) is 1.79. The summed E-state index contributed by atoms with van der Waals surface area (Å²) in [7, 11) is 1.36. The minimum absolute atomic E-state index is 0.127. The zero-order chi connectivity index (χ0) is 26.0. The van der Waals surface area contributed by atoms with Crippen molar-refractivity contribution in [3.8, 4) is 5.75 Å². The van der Waals surface area contributed by atoms with Crippen LogP contribution in [0.15, 0.2) is 72.3 Å². The summed E-state index contributed by atoms with van der Waals surface area (Å²) in [4.78, 5) is 27.5. The van der Waals surface area contributed by atoms with E-state index in [0.717, 1.165) is 41.6 Å². The fourth-order valence-electron chi connectivity index (χ4n) is 4.77. The summed E-state index contributed by atoms with van der Waals surface area (Å²) in [6, 6.07) is 21.5. The number of carbonyl (C=O) groups is 2. The van der Waals surface area contributed by atoms with Crippen LogP contribution in [0.4, 0.5) is 0 Å². The minimum Gasteiger partial charge on any atom is -0.488 e. The molecule has 194 valence electrons. The van der Waals surface area contributed by atoms with Crippen LogP contribution in [0.3, 0.4) is 0 Å². The fourth-order valence-corrected chi connectivity index (χ4v) is 4.77. The number of hydrogen-bond acceptors (Lipinski definition) is 5. The van der Waals surface area contributed by atoms with Gasteiger partial charge in [-0.2, -0.15) is 0 Å². The highest BCUT2D eigenvalue weighted by Crippen LogP contribution is 2.26. The SMILES string of the molecule is COC(=O)c1ccc(C=C(COc2cccc3ccccc23)C(=O)NCCCN2CCCCC2C)cc1. The van der Waals surface area contributed by atoms with E-state index in [1.165, 1.54) is 26.4 Å². The zero-order valence-corrected chi connectivity index (χ0v) is 21.7. The average Bonchev–Trinajstić information content (AvgIpc) is 2.94. The Bertz CT molecular complexity index is 1230. The van der Waals surface area contributed by atoms with E-state index in [-0.39, 0.29) is 12.5 Å². The Morgan fingerprint density at radius 2 is 1.81 bits per heavy atom. The van der Waals surface area contributed by atoms with Gasteiger partial charge in [0.2, 0.25) is 0 Å². The Balaban J connectivity index is 1.45. The lowest BCUT2D eigenvalue weighted by atomic mass is 10.0. The first-order valence-electron chi connectivity index (χ1n) is 13.1. The quantitative estimate of drug-likeness (QED) is 0.227. The Hall–Kier alpha value is -3.64. The summed E-state index contributed by atoms with van der Waals surface area (Å²) >= 11 is 0. The number of ether oxygens (including phenoxy) is 2. The van der Waals surface area contributed by atoms with Gasteiger partial charge in [0.15, 0.2) is 0 Å². The average molecular weight is 501 g/mol. The molecular formula is C31H36N2O4. The lowest BCUT2D eigenvalue weighted by Gasteiger charge is -2.33. The van der Waals surface area contributed by atoms with Gasteiger partial charge in [-0.15, -0.1) is 0 Å². The zero-order valence-electron chi connectivity index (χ0n) is 21.7. The van der Waals surface area contributed by atoms with Crippen molar-refractivity contribution >= 4 is 28.7 Å². The number of rotatable bonds is 10. The number of nitrogens with one attached hydrogen (secondary N) is 1. The van der Waals surface area contributed by atoms with Crippen molar-refractivity contribution in [2.24, 2.45) is 0 Å². The van der Waals surface area contributed by atoms with Gasteiger partial charge in [-0.25, -0.2) is 4.79 Å². The topological polar surface area (TPSA) is 67.9 Å². The summed E-state index contributed by atoms with van der Waals surface area (Å²) in [6.45, 7) is 5.15. The van der Waals surface area contributed by atoms with Crippen LogP contribution in [-0.2, 0) is 9.53 Å². The monoisotopic (exact) mass is 500 g/mol. The first-order valence-corrected chi connectivity index (χ1v) is 13.1. The molecule has 1 unspecified atom stereocenters. The van der Waals surface area contributed by atoms with Gasteiger partial charge in [-0.05, 0) is 68.0 Å². The van der Waals surface area contributed by atoms with E-state index >= 15 is 0 Å². The number of hydrogen-bond donors (Lipinski definition) is 1. The number of fused-ring (bicyclic) bond motifs is 1. The maximum atomic E-state index is 13.2. The van der Waals surface area contributed by atoms with E-state index < -0.39 is 5.97 Å². The van der Waals surface area contributed by atoms with Crippen molar-refractivity contribution < 1.29 is 19.1 Å². The lowest BCUT2D eigenvalue weighted by Crippen LogP contribution is -2.39. The molecule has 1 amide bonds. The van der Waals surface area contributed by atoms with E-state index in [0.29, 0.717) is 23.7 Å². The molecule has 1 atom stereocenters. The molecule has 3 aromatic rings. The summed E-state index contributed by atoms with van der Waals surface area (Å²) in [5.74, 6) is 0.191. The molecule has 0 saturated carbocycles. The van der Waals surface area contributed by atoms with Crippen LogP contribution in [-0.4, -0.2) is 56.2 Å². The van der Waals surface area contributed by atoms with Gasteiger partial charge in [0.25, 0.3) is 5.91 Å². The number of amides is 1. The molecule has 1 aliphatic heterocycles. The number of carbonyl (C=O) groups excluding carboxylic acids is 2. The van der Waals surface area contributed by atoms with Gasteiger partial charge in [0, 0.05) is 24.5 Å². The van der Waals surface area contributed by atoms with Gasteiger partial charge in [0.1, 0.15) is 12.4 Å². The van der Waals surface area contributed by atoms with Crippen molar-refractivity contribution in [3.05, 3.63) is 83.4 Å². The summed E-state index contributed by atoms with van der Waals surface area (Å²) in [6.07, 6.45) is 6.53. The van der Waals surface area contributed by atoms with E-state index in [2.05, 4.69) is 17.1 Å². The standard InChI is InChI=1S/C31H36N2O4/c1-23-9-5-6-19-33(23)20-8-18-32-30(34)27(21-24-14-16-26(17-15-24)31(35)36-2)22-37-29-13-7-11-25-10-3-4-12-28(25)29/h3-4,7,10-17,21,23H,5-6,8-9,18-20,22H2,1-2H3,(H,32,34). The third-order valence-corrected chi connectivity index (χ3v) is 6.95. The van der Waals surface area contributed by atoms with Crippen LogP contribution in [0.5, 0.6) is 5.75 Å². The van der Waals surface area contributed by atoms with Crippen LogP contribution in [0, 0.1) is 0 Å². The molecule has 0 aliphatic carbocycles. The molecule has 1 heterocycles. The first-order chi connectivity index (χ1) is 18.0. The number of benzene rings is 3. The van der Waals surface area contributed by atoms with Crippen LogP contribution in [0.2, 0.25) is 0 Å². The van der Waals surface area contributed by atoms with Crippen molar-refractivity contribution in [1.29, 1.82) is 0 Å². The van der Waals surface area contributed by atoms with Gasteiger partial charge >= 0.3 is 5.97 Å². The number of piperidine rings is 1. The molecule has 0 radical (unpaired) electrons. The van der Waals surface area contributed by atoms with Crippen LogP contribution in [0.1, 0.15) is 48.5 Å². The van der Waals surface area contributed by atoms with Crippen molar-refractivity contribution in [1.82, 2.24) is 10.2 Å². The third kappa shape index (κ3) is 7.20. The van der Waals surface area contributed by atoms with E-state index in [4.69, 9.17) is 9.47 Å². The molecule has 1 aliphatic rings. The molecule has 1 fully saturated rings. The maximum absolute atomic E-state index is 13.2. The van der Waals surface area contributed by atoms with Gasteiger partial charge in [-0.3, -0.25) is 4.79 Å². The fraction of sp³-hybridized carbons (Fsp3) is 0.355. The molecule has 6 nitrogen and oxygen atoms in total. The van der Waals surface area contributed by atoms with Gasteiger partial charge in [0.05, 0.1) is 18.2 Å². The number of methoxy groups -OCH3 is 1. The molecule has 37 heavy (non-hydrogen) atoms. The Labute approximate surface area is 219 Å². The second-order valence-corrected chi connectivity index (χ2v) is 9.54. The Morgan fingerprint density at radius 3 is 2.59 bits per heavy atom. The first kappa shape index (κ1) is 26.4. The summed E-state index contributed by atoms with van der Waals surface area (Å²) < 4.78 is 10.9. The molecule has 0 bridgehead atoms. The molecule has 6 heteroatoms. The molecule has 0 aromatic heterocycles. The molecule has 1 N–H and O–H groups in total. The molecule has 1 saturated heterocycles. The van der Waals surface area contributed by atoms with Crippen LogP contribution >= 0.6 is 0 Å². The lowest BCUT2D eigenvalue weighted by molar-refractivity contribution is -0.117. The van der Waals surface area contributed by atoms with Crippen molar-refractivity contribution in [2.75, 3.05) is 33.4 Å². The predicted octanol–water partition coefficient (Wildman–Crippen LogP) is 5.47. The Morgan fingerprint density at radius 1 is 1.03 bits per heavy atom. The second-order valence-electron chi connectivity index (χ2n) is 9.54. The largest absolute Gasteiger partial charge is 0.488 e. The van der Waals surface area contributed by atoms with Crippen LogP contribution < -0.4 is 10.1 Å². The molecule has 0 spiro atoms. The van der Waals surface area contributed by atoms with Crippen molar-refractivity contribution in [2.45, 2.75) is 38.6 Å². The highest BCUT2D eigenvalue weighted by Gasteiger charge is 2.18. The highest BCUT2D eigenvalue weighted by atomic mass is 16.5. The second kappa shape index (κ2) is 13.1. The number of likely N-dealkylation sites (tertiary alicyclic amines) is 1. The van der Waals surface area contributed by atoms with E-state index in [1.807, 2.05) is 48.5 Å². The Kier molecular flexibility index (Phi) is 9.33. The normalized spacial score (nSPS) is 16.4. The maximum Gasteiger partial charge on any atom is 0.337 e. The van der Waals surface area contributed by atoms with Gasteiger partial charge < -0.3 is 19.7 Å². The molecular weight excluding hydrogens is 464 g/mol. The molecule has 4 rings (SSSR count). The van der Waals surface area contributed by atoms with Crippen LogP contribution in [0.25, 0.3) is 16.8 Å². The van der Waals surface area contributed by atoms with Crippen molar-refractivity contribution in [3.63, 3.8) is 0 Å². The van der Waals surface area contributed by atoms with E-state index in [9.17, 15) is 9.59 Å². The van der Waals surface area contributed by atoms with E-state index in [1.54, 1.807) is 24.3 Å². The highest BCUT2D eigenvalue weighted by molar-refractivity contribution is 5.98. The third-order valence-electron chi connectivity index (χ3n) is 6.95. The number of esters is 1.